The van der Waals surface area contributed by atoms with Gasteiger partial charge in [0.1, 0.15) is 5.75 Å². The molecule has 2 aliphatic carbocycles. The van der Waals surface area contributed by atoms with Crippen LogP contribution < -0.4 is 4.74 Å². The Morgan fingerprint density at radius 1 is 1.09 bits per heavy atom. The highest BCUT2D eigenvalue weighted by Gasteiger charge is 2.61. The normalized spacial score (nSPS) is 32.7. The molecule has 0 aliphatic heterocycles. The molecule has 0 spiro atoms. The number of esters is 1. The van der Waals surface area contributed by atoms with Crippen LogP contribution in [0.4, 0.5) is 0 Å². The first-order valence-corrected chi connectivity index (χ1v) is 11.8. The Balaban J connectivity index is 1.63. The number of ether oxygens (including phenoxy) is 1. The first kappa shape index (κ1) is 23.0. The van der Waals surface area contributed by atoms with E-state index in [0.717, 1.165) is 43.4 Å². The van der Waals surface area contributed by atoms with E-state index in [-0.39, 0.29) is 28.6 Å². The second kappa shape index (κ2) is 8.31. The Hall–Kier alpha value is -2.17. The lowest BCUT2D eigenvalue weighted by Gasteiger charge is -2.53. The average Bonchev–Trinajstić information content (AvgIpc) is 3.03. The summed E-state index contributed by atoms with van der Waals surface area (Å²) in [4.78, 5) is 15.0. The zero-order valence-electron chi connectivity index (χ0n) is 20.1. The lowest BCUT2D eigenvalue weighted by molar-refractivity contribution is -0.138. The maximum Gasteiger partial charge on any atom is 0.318 e. The van der Waals surface area contributed by atoms with Crippen LogP contribution in [0.25, 0.3) is 0 Å². The lowest BCUT2D eigenvalue weighted by atomic mass is 9.55. The molecule has 4 heteroatoms. The first-order valence-electron chi connectivity index (χ1n) is 11.8. The first-order chi connectivity index (χ1) is 15.0. The third kappa shape index (κ3) is 4.23. The van der Waals surface area contributed by atoms with E-state index < -0.39 is 5.60 Å². The van der Waals surface area contributed by atoms with Crippen molar-refractivity contribution in [3.63, 3.8) is 0 Å². The minimum absolute atomic E-state index is 0.0977. The molecule has 0 saturated heterocycles. The lowest BCUT2D eigenvalue weighted by Crippen LogP contribution is -2.53. The van der Waals surface area contributed by atoms with Gasteiger partial charge in [-0.25, -0.2) is 0 Å². The van der Waals surface area contributed by atoms with Crippen molar-refractivity contribution in [3.05, 3.63) is 65.7 Å². The van der Waals surface area contributed by atoms with Gasteiger partial charge in [-0.2, -0.15) is 0 Å². The van der Waals surface area contributed by atoms with Gasteiger partial charge < -0.3 is 14.7 Å². The number of carbonyl (C=O) groups is 1. The van der Waals surface area contributed by atoms with Crippen LogP contribution in [-0.4, -0.2) is 36.6 Å². The molecule has 0 unspecified atom stereocenters. The molecule has 1 N–H and O–H groups in total. The molecule has 5 atom stereocenters. The monoisotopic (exact) mass is 435 g/mol. The number of benzene rings is 2. The van der Waals surface area contributed by atoms with E-state index >= 15 is 0 Å². The van der Waals surface area contributed by atoms with E-state index in [2.05, 4.69) is 32.8 Å². The molecule has 2 aliphatic rings. The highest BCUT2D eigenvalue weighted by atomic mass is 16.5. The van der Waals surface area contributed by atoms with Crippen LogP contribution in [0.2, 0.25) is 0 Å². The van der Waals surface area contributed by atoms with E-state index in [1.165, 1.54) is 0 Å². The Labute approximate surface area is 192 Å². The highest BCUT2D eigenvalue weighted by Crippen LogP contribution is 2.66. The molecule has 0 heterocycles. The summed E-state index contributed by atoms with van der Waals surface area (Å²) in [7, 11) is 4.16. The van der Waals surface area contributed by atoms with Gasteiger partial charge in [-0.05, 0) is 80.8 Å². The predicted octanol–water partition coefficient (Wildman–Crippen LogP) is 5.36. The summed E-state index contributed by atoms with van der Waals surface area (Å²) >= 11 is 0. The van der Waals surface area contributed by atoms with Gasteiger partial charge >= 0.3 is 5.97 Å². The maximum absolute atomic E-state index is 12.8. The molecule has 2 fully saturated rings. The van der Waals surface area contributed by atoms with E-state index in [0.29, 0.717) is 5.75 Å². The van der Waals surface area contributed by atoms with E-state index in [4.69, 9.17) is 4.74 Å². The molecule has 172 valence electrons. The molecular weight excluding hydrogens is 398 g/mol. The standard InChI is InChI=1S/C28H37NO3/c1-20(21-10-7-6-8-11-21)25(30)32-23-13-9-12-22(16-23)28(31)19-26(2)14-15-27(3,18-26)24(28)17-29(4)5/h6-13,16,20,24,31H,14-15,17-19H2,1-5H3/t20-,24-,26+,27+,28-/m0/s1. The zero-order valence-corrected chi connectivity index (χ0v) is 20.1. The third-order valence-corrected chi connectivity index (χ3v) is 8.00. The van der Waals surface area contributed by atoms with Gasteiger partial charge in [-0.15, -0.1) is 0 Å². The van der Waals surface area contributed by atoms with Gasteiger partial charge in [0, 0.05) is 12.5 Å². The summed E-state index contributed by atoms with van der Waals surface area (Å²) in [6.45, 7) is 7.36. The molecule has 0 aromatic heterocycles. The number of fused-ring (bicyclic) bond motifs is 2. The van der Waals surface area contributed by atoms with Gasteiger partial charge in [-0.1, -0.05) is 56.3 Å². The second-order valence-corrected chi connectivity index (χ2v) is 11.1. The Bertz CT molecular complexity index is 974. The maximum atomic E-state index is 12.8. The average molecular weight is 436 g/mol. The molecule has 32 heavy (non-hydrogen) atoms. The zero-order chi connectivity index (χ0) is 23.1. The number of nitrogens with zero attached hydrogens (tertiary/aromatic N) is 1. The van der Waals surface area contributed by atoms with Crippen LogP contribution in [0.5, 0.6) is 5.75 Å². The van der Waals surface area contributed by atoms with Crippen LogP contribution in [0.3, 0.4) is 0 Å². The Kier molecular flexibility index (Phi) is 5.98. The van der Waals surface area contributed by atoms with Crippen molar-refractivity contribution in [2.45, 2.75) is 58.0 Å². The number of carbonyl (C=O) groups excluding carboxylic acids is 1. The molecule has 2 aromatic rings. The molecule has 2 aromatic carbocycles. The highest BCUT2D eigenvalue weighted by molar-refractivity contribution is 5.79. The van der Waals surface area contributed by atoms with Gasteiger partial charge in [0.25, 0.3) is 0 Å². The van der Waals surface area contributed by atoms with Crippen LogP contribution in [0, 0.1) is 16.7 Å². The minimum Gasteiger partial charge on any atom is -0.426 e. The van der Waals surface area contributed by atoms with E-state index in [1.54, 1.807) is 0 Å². The molecule has 4 rings (SSSR count). The fourth-order valence-electron chi connectivity index (χ4n) is 6.49. The van der Waals surface area contributed by atoms with Crippen LogP contribution in [0.1, 0.15) is 63.5 Å². The number of hydrogen-bond acceptors (Lipinski definition) is 4. The van der Waals surface area contributed by atoms with Crippen molar-refractivity contribution in [2.75, 3.05) is 20.6 Å². The molecule has 2 saturated carbocycles. The molecule has 0 amide bonds. The van der Waals surface area contributed by atoms with E-state index in [1.807, 2.05) is 61.5 Å². The third-order valence-electron chi connectivity index (χ3n) is 8.00. The SMILES string of the molecule is C[C@H](C(=O)Oc1cccc([C@@]2(O)C[C@]3(C)CC[C@](C)(C3)[C@@H]2CN(C)C)c1)c1ccccc1. The number of rotatable bonds is 6. The van der Waals surface area contributed by atoms with Crippen LogP contribution in [0.15, 0.2) is 54.6 Å². The summed E-state index contributed by atoms with van der Waals surface area (Å²) in [6, 6.07) is 17.3. The topological polar surface area (TPSA) is 49.8 Å². The second-order valence-electron chi connectivity index (χ2n) is 11.1. The van der Waals surface area contributed by atoms with Crippen molar-refractivity contribution in [1.29, 1.82) is 0 Å². The predicted molar refractivity (Wildman–Crippen MR) is 128 cm³/mol. The van der Waals surface area contributed by atoms with Crippen molar-refractivity contribution >= 4 is 5.97 Å². The van der Waals surface area contributed by atoms with E-state index in [9.17, 15) is 9.90 Å². The van der Waals surface area contributed by atoms with Gasteiger partial charge in [0.15, 0.2) is 0 Å². The van der Waals surface area contributed by atoms with Gasteiger partial charge in [0.05, 0.1) is 11.5 Å². The van der Waals surface area contributed by atoms with Crippen molar-refractivity contribution in [2.24, 2.45) is 16.7 Å². The Morgan fingerprint density at radius 3 is 2.50 bits per heavy atom. The number of hydrogen-bond donors (Lipinski definition) is 1. The van der Waals surface area contributed by atoms with Crippen molar-refractivity contribution < 1.29 is 14.6 Å². The van der Waals surface area contributed by atoms with Crippen molar-refractivity contribution in [1.82, 2.24) is 4.90 Å². The van der Waals surface area contributed by atoms with Crippen LogP contribution >= 0.6 is 0 Å². The van der Waals surface area contributed by atoms with Gasteiger partial charge in [0.2, 0.25) is 0 Å². The molecule has 4 nitrogen and oxygen atoms in total. The fraction of sp³-hybridized carbons (Fsp3) is 0.536. The quantitative estimate of drug-likeness (QED) is 0.490. The van der Waals surface area contributed by atoms with Crippen LogP contribution in [-0.2, 0) is 10.4 Å². The summed E-state index contributed by atoms with van der Waals surface area (Å²) in [5.74, 6) is -0.0177. The fourth-order valence-corrected chi connectivity index (χ4v) is 6.49. The summed E-state index contributed by atoms with van der Waals surface area (Å²) < 4.78 is 5.78. The largest absolute Gasteiger partial charge is 0.426 e. The molecular formula is C28H37NO3. The Morgan fingerprint density at radius 2 is 1.81 bits per heavy atom. The minimum atomic E-state index is -0.948. The molecule has 2 bridgehead atoms. The molecule has 0 radical (unpaired) electrons. The van der Waals surface area contributed by atoms with Crippen molar-refractivity contribution in [3.8, 4) is 5.75 Å². The van der Waals surface area contributed by atoms with Gasteiger partial charge in [-0.3, -0.25) is 4.79 Å². The summed E-state index contributed by atoms with van der Waals surface area (Å²) in [5, 5.41) is 12.2. The summed E-state index contributed by atoms with van der Waals surface area (Å²) in [5.41, 5.74) is 1.08. The smallest absolute Gasteiger partial charge is 0.318 e. The summed E-state index contributed by atoms with van der Waals surface area (Å²) in [6.07, 6.45) is 4.20. The number of aliphatic hydroxyl groups is 1.